The highest BCUT2D eigenvalue weighted by atomic mass is 32.2. The quantitative estimate of drug-likeness (QED) is 0.0377. The maximum atomic E-state index is 13.3. The van der Waals surface area contributed by atoms with Gasteiger partial charge in [-0.05, 0) is 25.5 Å². The van der Waals surface area contributed by atoms with E-state index in [1.165, 1.54) is 16.7 Å². The Bertz CT molecular complexity index is 1590. The summed E-state index contributed by atoms with van der Waals surface area (Å²) >= 11 is 4.06. The Morgan fingerprint density at radius 1 is 1.28 bits per heavy atom. The molecular formula is C25H31N10O5S3+. The summed E-state index contributed by atoms with van der Waals surface area (Å²) in [6, 6.07) is 2.84. The van der Waals surface area contributed by atoms with Gasteiger partial charge in [-0.3, -0.25) is 14.5 Å². The average Bonchev–Trinajstić information content (AvgIpc) is 3.61. The molecule has 0 bridgehead atoms. The molecule has 2 atom stereocenters. The molecule has 2 amide bonds. The minimum atomic E-state index is -1.22. The first-order chi connectivity index (χ1) is 20.8. The van der Waals surface area contributed by atoms with Gasteiger partial charge in [0.15, 0.2) is 17.0 Å². The van der Waals surface area contributed by atoms with Crippen molar-refractivity contribution in [2.24, 2.45) is 16.6 Å². The number of amides is 2. The number of aliphatic carboxylic acids is 1. The number of nitrogens with two attached hydrogens (primary N) is 3. The van der Waals surface area contributed by atoms with E-state index in [4.69, 9.17) is 22.0 Å². The molecule has 1 saturated heterocycles. The molecule has 0 saturated carbocycles. The van der Waals surface area contributed by atoms with E-state index in [0.29, 0.717) is 30.8 Å². The van der Waals surface area contributed by atoms with Gasteiger partial charge < -0.3 is 32.5 Å². The maximum Gasteiger partial charge on any atom is 0.352 e. The summed E-state index contributed by atoms with van der Waals surface area (Å²) in [5.74, 6) is -1.33. The third-order valence-corrected chi connectivity index (χ3v) is 9.56. The van der Waals surface area contributed by atoms with E-state index in [0.717, 1.165) is 34.2 Å². The Hall–Kier alpha value is -3.71. The number of nitrogen functional groups attached to an aromatic ring is 1. The van der Waals surface area contributed by atoms with Gasteiger partial charge in [0.1, 0.15) is 47.2 Å². The monoisotopic (exact) mass is 647 g/mol. The average molecular weight is 648 g/mol. The number of carboxylic acids is 1. The molecule has 2 aliphatic heterocycles. The van der Waals surface area contributed by atoms with Crippen molar-refractivity contribution < 1.29 is 28.9 Å². The van der Waals surface area contributed by atoms with Crippen LogP contribution in [0.4, 0.5) is 5.13 Å². The predicted molar refractivity (Wildman–Crippen MR) is 162 cm³/mol. The Kier molecular flexibility index (Phi) is 9.81. The SMILES string of the molecule is NCCCCO/N=C(\C(=O)N[C@@H]1C(=O)N2C(C(=O)O)=C(C[n+]3ccn4nc(SCCN)ccc43)CS[C@H]12)c1csc(N)n1. The van der Waals surface area contributed by atoms with E-state index in [1.54, 1.807) is 27.9 Å². The van der Waals surface area contributed by atoms with Crippen LogP contribution in [-0.4, -0.2) is 90.7 Å². The van der Waals surface area contributed by atoms with E-state index >= 15 is 0 Å². The van der Waals surface area contributed by atoms with Crippen molar-refractivity contribution >= 4 is 69.1 Å². The van der Waals surface area contributed by atoms with Crippen LogP contribution in [0.1, 0.15) is 18.5 Å². The number of hydrogen-bond donors (Lipinski definition) is 5. The van der Waals surface area contributed by atoms with Crippen LogP contribution in [0.5, 0.6) is 0 Å². The number of rotatable bonds is 14. The van der Waals surface area contributed by atoms with Crippen LogP contribution in [0, 0.1) is 0 Å². The summed E-state index contributed by atoms with van der Waals surface area (Å²) in [4.78, 5) is 49.6. The fourth-order valence-electron chi connectivity index (χ4n) is 4.59. The molecule has 3 aromatic rings. The van der Waals surface area contributed by atoms with Crippen molar-refractivity contribution in [1.82, 2.24) is 24.8 Å². The van der Waals surface area contributed by atoms with Crippen LogP contribution in [0.3, 0.4) is 0 Å². The van der Waals surface area contributed by atoms with E-state index in [1.807, 2.05) is 22.9 Å². The number of imidazole rings is 1. The molecule has 5 rings (SSSR count). The molecule has 3 aromatic heterocycles. The Labute approximate surface area is 258 Å². The molecular weight excluding hydrogens is 617 g/mol. The number of nitrogens with zero attached hydrogens (tertiary/aromatic N) is 6. The van der Waals surface area contributed by atoms with Gasteiger partial charge >= 0.3 is 11.6 Å². The number of thioether (sulfide) groups is 2. The smallest absolute Gasteiger partial charge is 0.352 e. The molecule has 0 unspecified atom stereocenters. The van der Waals surface area contributed by atoms with Gasteiger partial charge in [-0.15, -0.1) is 39.4 Å². The first-order valence-electron chi connectivity index (χ1n) is 13.3. The van der Waals surface area contributed by atoms with Crippen LogP contribution < -0.4 is 27.1 Å². The predicted octanol–water partition coefficient (Wildman–Crippen LogP) is -0.390. The molecule has 43 heavy (non-hydrogen) atoms. The summed E-state index contributed by atoms with van der Waals surface area (Å²) in [7, 11) is 0. The minimum Gasteiger partial charge on any atom is -0.477 e. The highest BCUT2D eigenvalue weighted by molar-refractivity contribution is 8.00. The highest BCUT2D eigenvalue weighted by Crippen LogP contribution is 2.40. The van der Waals surface area contributed by atoms with Gasteiger partial charge in [0, 0.05) is 35.1 Å². The van der Waals surface area contributed by atoms with Gasteiger partial charge in [-0.2, -0.15) is 0 Å². The first kappa shape index (κ1) is 30.7. The Morgan fingerprint density at radius 2 is 2.12 bits per heavy atom. The topological polar surface area (TPSA) is 220 Å². The summed E-state index contributed by atoms with van der Waals surface area (Å²) in [5.41, 5.74) is 18.2. The number of carboxylic acid groups (broad SMARTS) is 1. The third-order valence-electron chi connectivity index (χ3n) is 6.59. The number of oxime groups is 1. The van der Waals surface area contributed by atoms with Crippen molar-refractivity contribution in [3.05, 3.63) is 46.9 Å². The second kappa shape index (κ2) is 13.7. The largest absolute Gasteiger partial charge is 0.477 e. The molecule has 5 heterocycles. The van der Waals surface area contributed by atoms with Crippen molar-refractivity contribution in [2.75, 3.05) is 36.9 Å². The number of nitrogens with one attached hydrogen (secondary N) is 1. The second-order valence-corrected chi connectivity index (χ2v) is 12.6. The lowest BCUT2D eigenvalue weighted by Crippen LogP contribution is -2.71. The number of fused-ring (bicyclic) bond motifs is 2. The number of thiazole rings is 1. The lowest BCUT2D eigenvalue weighted by molar-refractivity contribution is -0.662. The number of hydrogen-bond acceptors (Lipinski definition) is 13. The fraction of sp³-hybridized carbons (Fsp3) is 0.400. The van der Waals surface area contributed by atoms with Gasteiger partial charge in [0.25, 0.3) is 11.8 Å². The summed E-state index contributed by atoms with van der Waals surface area (Å²) < 4.78 is 3.60. The number of unbranched alkanes of at least 4 members (excludes halogenated alkanes) is 1. The minimum absolute atomic E-state index is 0.0846. The molecule has 228 valence electrons. The Balaban J connectivity index is 1.31. The van der Waals surface area contributed by atoms with E-state index < -0.39 is 29.2 Å². The van der Waals surface area contributed by atoms with Crippen LogP contribution in [0.2, 0.25) is 0 Å². The van der Waals surface area contributed by atoms with Gasteiger partial charge in [-0.1, -0.05) is 10.3 Å². The van der Waals surface area contributed by atoms with Crippen LogP contribution in [-0.2, 0) is 25.8 Å². The molecule has 15 nitrogen and oxygen atoms in total. The van der Waals surface area contributed by atoms with Crippen molar-refractivity contribution in [3.63, 3.8) is 0 Å². The zero-order valence-electron chi connectivity index (χ0n) is 22.9. The molecule has 0 spiro atoms. The van der Waals surface area contributed by atoms with Crippen molar-refractivity contribution in [3.8, 4) is 0 Å². The number of β-lactam (4-membered cyclic amide) rings is 1. The molecule has 18 heteroatoms. The third kappa shape index (κ3) is 6.62. The highest BCUT2D eigenvalue weighted by Gasteiger charge is 2.54. The van der Waals surface area contributed by atoms with E-state index in [-0.39, 0.29) is 35.4 Å². The number of carbonyl (C=O) groups is 3. The molecule has 0 radical (unpaired) electrons. The number of anilines is 1. The number of carbonyl (C=O) groups excluding carboxylic acids is 2. The zero-order chi connectivity index (χ0) is 30.5. The lowest BCUT2D eigenvalue weighted by atomic mass is 10.0. The summed E-state index contributed by atoms with van der Waals surface area (Å²) in [6.07, 6.45) is 4.99. The lowest BCUT2D eigenvalue weighted by Gasteiger charge is -2.49. The van der Waals surface area contributed by atoms with Crippen LogP contribution in [0.25, 0.3) is 5.65 Å². The molecule has 1 fully saturated rings. The second-order valence-electron chi connectivity index (χ2n) is 9.50. The standard InChI is InChI=1S/C25H30N10O5S3/c26-5-1-2-9-40-32-18(15-13-43-25(28)29-15)21(36)30-19-22(37)35-20(24(38)39)14(12-42-23(19)35)11-33-7-8-34-17(33)4-3-16(31-34)41-10-6-27/h3-4,7-8,13,19,23H,1-2,5-6,9-12,26-27H2,(H3-,28,29,30,36,38,39)/p+1/b32-18-/t19-,23-/m1/s1. The molecule has 0 aliphatic carbocycles. The molecule has 0 aromatic carbocycles. The Morgan fingerprint density at radius 3 is 2.84 bits per heavy atom. The normalized spacial score (nSPS) is 18.5. The van der Waals surface area contributed by atoms with Crippen LogP contribution in [0.15, 0.2) is 51.4 Å². The molecule has 2 aliphatic rings. The molecule has 8 N–H and O–H groups in total. The summed E-state index contributed by atoms with van der Waals surface area (Å²) in [5, 5.41) is 23.4. The van der Waals surface area contributed by atoms with Gasteiger partial charge in [0.2, 0.25) is 0 Å². The fourth-order valence-corrected chi connectivity index (χ4v) is 7.11. The van der Waals surface area contributed by atoms with E-state index in [2.05, 4.69) is 20.6 Å². The van der Waals surface area contributed by atoms with Crippen LogP contribution >= 0.6 is 34.9 Å². The first-order valence-corrected chi connectivity index (χ1v) is 16.3. The maximum absolute atomic E-state index is 13.3. The van der Waals surface area contributed by atoms with Gasteiger partial charge in [-0.25, -0.2) is 14.3 Å². The van der Waals surface area contributed by atoms with E-state index in [9.17, 15) is 19.5 Å². The van der Waals surface area contributed by atoms with Gasteiger partial charge in [0.05, 0.1) is 0 Å². The van der Waals surface area contributed by atoms with Crippen molar-refractivity contribution in [2.45, 2.75) is 35.8 Å². The van der Waals surface area contributed by atoms with Crippen molar-refractivity contribution in [1.29, 1.82) is 0 Å². The zero-order valence-corrected chi connectivity index (χ0v) is 25.4. The summed E-state index contributed by atoms with van der Waals surface area (Å²) in [6.45, 7) is 1.54. The number of aromatic nitrogens is 4.